The third-order valence-corrected chi connectivity index (χ3v) is 16.9. The quantitative estimate of drug-likeness (QED) is 0.278. The largest absolute Gasteiger partial charge is 0.489 e. The van der Waals surface area contributed by atoms with Gasteiger partial charge in [0, 0.05) is 36.9 Å². The highest BCUT2D eigenvalue weighted by Gasteiger charge is 2.63. The van der Waals surface area contributed by atoms with Crippen molar-refractivity contribution in [1.29, 1.82) is 0 Å². The van der Waals surface area contributed by atoms with Crippen molar-refractivity contribution in [2.24, 2.45) is 17.3 Å². The second-order valence-electron chi connectivity index (χ2n) is 20.7. The number of amides is 4. The number of pyridine rings is 1. The maximum Gasteiger partial charge on any atom is 0.408 e. The van der Waals surface area contributed by atoms with Crippen molar-refractivity contribution in [1.82, 2.24) is 30.1 Å². The molecular weight excluding hydrogens is 825 g/mol. The highest BCUT2D eigenvalue weighted by molar-refractivity contribution is 7.91. The van der Waals surface area contributed by atoms with Crippen molar-refractivity contribution < 1.29 is 41.8 Å². The lowest BCUT2D eigenvalue weighted by atomic mass is 9.85. The molecule has 4 amide bonds. The zero-order valence-electron chi connectivity index (χ0n) is 37.2. The van der Waals surface area contributed by atoms with Crippen LogP contribution in [0.3, 0.4) is 0 Å². The Hall–Kier alpha value is -4.44. The highest BCUT2D eigenvalue weighted by Crippen LogP contribution is 2.48. The van der Waals surface area contributed by atoms with Crippen LogP contribution in [0.2, 0.25) is 0 Å². The second kappa shape index (κ2) is 16.5. The van der Waals surface area contributed by atoms with E-state index in [0.717, 1.165) is 74.7 Å². The highest BCUT2D eigenvalue weighted by atomic mass is 32.2. The van der Waals surface area contributed by atoms with Gasteiger partial charge in [0.2, 0.25) is 27.7 Å². The van der Waals surface area contributed by atoms with E-state index in [1.54, 1.807) is 6.92 Å². The summed E-state index contributed by atoms with van der Waals surface area (Å²) in [6, 6.07) is 6.39. The van der Waals surface area contributed by atoms with Crippen LogP contribution in [0.5, 0.6) is 11.6 Å². The summed E-state index contributed by atoms with van der Waals surface area (Å²) in [6.45, 7) is 12.9. The van der Waals surface area contributed by atoms with Gasteiger partial charge in [-0.25, -0.2) is 18.2 Å². The number of para-hydroxylation sites is 1. The molecule has 63 heavy (non-hydrogen) atoms. The van der Waals surface area contributed by atoms with E-state index < -0.39 is 73.6 Å². The summed E-state index contributed by atoms with van der Waals surface area (Å²) < 4.78 is 47.4. The fourth-order valence-corrected chi connectivity index (χ4v) is 11.2. The molecule has 16 heteroatoms. The van der Waals surface area contributed by atoms with Gasteiger partial charge < -0.3 is 34.6 Å². The zero-order chi connectivity index (χ0) is 44.5. The number of carbonyl (C=O) groups is 4. The molecule has 0 radical (unpaired) electrons. The number of nitrogens with zero attached hydrogens (tertiary/aromatic N) is 3. The van der Waals surface area contributed by atoms with Gasteiger partial charge in [-0.1, -0.05) is 51.8 Å². The Kier molecular flexibility index (Phi) is 11.5. The molecule has 342 valence electrons. The molecule has 1 aromatic heterocycles. The number of rotatable bonds is 9. The number of piperidine rings is 1. The van der Waals surface area contributed by atoms with E-state index in [9.17, 15) is 27.6 Å². The van der Waals surface area contributed by atoms with Gasteiger partial charge in [0.1, 0.15) is 41.7 Å². The number of carbonyl (C=O) groups excluding carboxylic acids is 4. The Morgan fingerprint density at radius 2 is 1.76 bits per heavy atom. The molecule has 0 spiro atoms. The predicted octanol–water partition coefficient (Wildman–Crippen LogP) is 5.29. The van der Waals surface area contributed by atoms with Crippen LogP contribution in [0, 0.1) is 17.3 Å². The van der Waals surface area contributed by atoms with Crippen molar-refractivity contribution in [3.8, 4) is 11.6 Å². The lowest BCUT2D eigenvalue weighted by Crippen LogP contribution is -2.60. The number of nitrogens with one attached hydrogen (secondary N) is 3. The predicted molar refractivity (Wildman–Crippen MR) is 235 cm³/mol. The number of alkyl carbamates (subject to hydrolysis) is 1. The molecule has 4 saturated carbocycles. The molecule has 2 bridgehead atoms. The molecule has 1 aromatic carbocycles. The van der Waals surface area contributed by atoms with Gasteiger partial charge in [-0.15, -0.1) is 6.58 Å². The summed E-state index contributed by atoms with van der Waals surface area (Å²) in [6.07, 6.45) is 10.5. The number of aromatic nitrogens is 1. The zero-order valence-corrected chi connectivity index (χ0v) is 38.0. The van der Waals surface area contributed by atoms with Crippen LogP contribution in [0.4, 0.5) is 4.79 Å². The number of fused-ring (bicyclic) bond motifs is 5. The van der Waals surface area contributed by atoms with Crippen molar-refractivity contribution in [3.05, 3.63) is 42.5 Å². The summed E-state index contributed by atoms with van der Waals surface area (Å²) >= 11 is 0. The molecule has 0 unspecified atom stereocenters. The van der Waals surface area contributed by atoms with Crippen LogP contribution in [-0.2, 0) is 35.6 Å². The molecule has 9 rings (SSSR count). The SMILES string of the molecule is C=C[C@@H]1C[C@]1(NC(=O)[C@@H]1C[C@@H]2CN1C(=O)[C@H](C(C)(C)C)NC(=O)O[C@@H]1C[C@H]1CCCCCc1c(nc3ccccc3c1OC1CCN(C3CC3)CC1)O2)C(=O)NS(=O)(=O)C1(C)CC1. The minimum absolute atomic E-state index is 0.0223. The molecule has 7 atom stereocenters. The van der Waals surface area contributed by atoms with Gasteiger partial charge in [0.25, 0.3) is 5.91 Å². The number of sulfonamides is 1. The number of benzene rings is 1. The molecule has 6 fully saturated rings. The number of likely N-dealkylation sites (tertiary alicyclic amines) is 1. The van der Waals surface area contributed by atoms with Crippen LogP contribution in [0.1, 0.15) is 117 Å². The van der Waals surface area contributed by atoms with Crippen LogP contribution in [0.15, 0.2) is 36.9 Å². The third-order valence-electron chi connectivity index (χ3n) is 14.7. The molecule has 15 nitrogen and oxygen atoms in total. The monoisotopic (exact) mass is 888 g/mol. The van der Waals surface area contributed by atoms with Gasteiger partial charge in [0.15, 0.2) is 0 Å². The fourth-order valence-electron chi connectivity index (χ4n) is 9.93. The van der Waals surface area contributed by atoms with Crippen molar-refractivity contribution in [2.45, 2.75) is 164 Å². The van der Waals surface area contributed by atoms with E-state index in [2.05, 4.69) is 26.8 Å². The van der Waals surface area contributed by atoms with Gasteiger partial charge >= 0.3 is 6.09 Å². The van der Waals surface area contributed by atoms with Crippen molar-refractivity contribution in [3.63, 3.8) is 0 Å². The standard InChI is InChI=1S/C47H64N6O9S/c1-6-29-26-47(29,43(56)51-63(58,59)46(5)20-21-46)50-40(54)36-25-32-27-53(36)42(55)39(45(2,3)4)49-44(57)62-37-24-28(37)12-8-7-9-14-34-38(33-13-10-11-15-35(33)48-41(34)61-32)60-31-18-22-52(23-19-31)30-16-17-30/h6,10-11,13,15,28-32,36-37,39H,1,7-9,12,14,16-27H2,2-5H3,(H,49,57)(H,50,54)(H,51,56)/t28-,29-,32-,36+,37-,39-,47-/m1/s1. The Morgan fingerprint density at radius 3 is 2.44 bits per heavy atom. The van der Waals surface area contributed by atoms with Crippen LogP contribution >= 0.6 is 0 Å². The first kappa shape index (κ1) is 43.8. The first-order chi connectivity index (χ1) is 30.0. The Labute approximate surface area is 370 Å². The number of hydrogen-bond acceptors (Lipinski definition) is 11. The molecule has 2 saturated heterocycles. The van der Waals surface area contributed by atoms with E-state index in [1.807, 2.05) is 45.0 Å². The second-order valence-corrected chi connectivity index (χ2v) is 22.9. The minimum Gasteiger partial charge on any atom is -0.489 e. The van der Waals surface area contributed by atoms with Gasteiger partial charge in [0.05, 0.1) is 22.4 Å². The summed E-state index contributed by atoms with van der Waals surface area (Å²) in [7, 11) is -4.01. The van der Waals surface area contributed by atoms with Gasteiger partial charge in [-0.2, -0.15) is 0 Å². The van der Waals surface area contributed by atoms with Gasteiger partial charge in [-0.3, -0.25) is 19.1 Å². The lowest BCUT2D eigenvalue weighted by Gasteiger charge is -2.35. The molecule has 7 aliphatic rings. The van der Waals surface area contributed by atoms with Crippen LogP contribution < -0.4 is 24.8 Å². The Bertz CT molecular complexity index is 2270. The fraction of sp³-hybridized carbons (Fsp3) is 0.681. The average molecular weight is 889 g/mol. The Morgan fingerprint density at radius 1 is 1.02 bits per heavy atom. The summed E-state index contributed by atoms with van der Waals surface area (Å²) in [4.78, 5) is 66.0. The normalized spacial score (nSPS) is 31.5. The maximum absolute atomic E-state index is 14.9. The average Bonchev–Trinajstić information content (AvgIpc) is 4.06. The summed E-state index contributed by atoms with van der Waals surface area (Å²) in [5, 5.41) is 6.64. The van der Waals surface area contributed by atoms with Crippen molar-refractivity contribution in [2.75, 3.05) is 19.6 Å². The molecular formula is C47H64N6O9S. The smallest absolute Gasteiger partial charge is 0.408 e. The third kappa shape index (κ3) is 8.99. The van der Waals surface area contributed by atoms with E-state index in [0.29, 0.717) is 36.7 Å². The van der Waals surface area contributed by atoms with Crippen molar-refractivity contribution >= 4 is 44.7 Å². The van der Waals surface area contributed by atoms with Gasteiger partial charge in [-0.05, 0) is 101 Å². The number of hydrogen-bond donors (Lipinski definition) is 3. The molecule has 4 aliphatic carbocycles. The minimum atomic E-state index is -4.01. The summed E-state index contributed by atoms with van der Waals surface area (Å²) in [5.74, 6) is -1.09. The maximum atomic E-state index is 14.9. The van der Waals surface area contributed by atoms with E-state index in [-0.39, 0.29) is 37.5 Å². The molecule has 3 aliphatic heterocycles. The summed E-state index contributed by atoms with van der Waals surface area (Å²) in [5.41, 5.74) is -0.790. The van der Waals surface area contributed by atoms with E-state index in [1.165, 1.54) is 23.8 Å². The van der Waals surface area contributed by atoms with E-state index in [4.69, 9.17) is 19.2 Å². The molecule has 3 N–H and O–H groups in total. The van der Waals surface area contributed by atoms with E-state index >= 15 is 0 Å². The molecule has 2 aromatic rings. The first-order valence-electron chi connectivity index (χ1n) is 23.3. The molecule has 4 heterocycles. The van der Waals surface area contributed by atoms with Crippen LogP contribution in [0.25, 0.3) is 10.9 Å². The lowest BCUT2D eigenvalue weighted by molar-refractivity contribution is -0.142. The first-order valence-corrected chi connectivity index (χ1v) is 24.7. The number of ether oxygens (including phenoxy) is 3. The topological polar surface area (TPSA) is 186 Å². The van der Waals surface area contributed by atoms with Crippen LogP contribution in [-0.4, -0.2) is 113 Å². The Balaban J connectivity index is 1.05.